The smallest absolute Gasteiger partial charge is 0.247 e. The van der Waals surface area contributed by atoms with Gasteiger partial charge in [0.05, 0.1) is 25.7 Å². The number of amides is 6. The minimum atomic E-state index is -1.27. The first-order chi connectivity index (χ1) is 23.1. The summed E-state index contributed by atoms with van der Waals surface area (Å²) in [6, 6.07) is 9.27. The molecule has 0 saturated heterocycles. The highest BCUT2D eigenvalue weighted by Gasteiger charge is 2.31. The van der Waals surface area contributed by atoms with Crippen molar-refractivity contribution in [1.29, 1.82) is 5.26 Å². The second-order valence-corrected chi connectivity index (χ2v) is 10.5. The van der Waals surface area contributed by atoms with E-state index in [1.165, 1.54) is 7.05 Å². The molecule has 0 radical (unpaired) electrons. The fourth-order valence-electron chi connectivity index (χ4n) is 4.83. The van der Waals surface area contributed by atoms with Crippen molar-refractivity contribution in [2.75, 3.05) is 59.5 Å². The number of carbonyl (C=O) groups is 6. The lowest BCUT2D eigenvalue weighted by Crippen LogP contribution is -2.52. The fraction of sp³-hybridized carbons (Fsp3) is 0.387. The van der Waals surface area contributed by atoms with Crippen molar-refractivity contribution >= 4 is 35.9 Å². The van der Waals surface area contributed by atoms with Crippen LogP contribution in [0.5, 0.6) is 11.5 Å². The Bertz CT molecular complexity index is 1540. The van der Waals surface area contributed by atoms with Crippen LogP contribution < -0.4 is 47.5 Å². The number of nitriles is 1. The highest BCUT2D eigenvalue weighted by Crippen LogP contribution is 2.40. The first-order valence-corrected chi connectivity index (χ1v) is 15.0. The van der Waals surface area contributed by atoms with Crippen molar-refractivity contribution in [2.45, 2.75) is 18.5 Å². The number of nitrogens with zero attached hydrogens (tertiary/aromatic N) is 2. The minimum Gasteiger partial charge on any atom is -0.492 e. The third kappa shape index (κ3) is 10.1. The fourth-order valence-corrected chi connectivity index (χ4v) is 4.83. The molecule has 0 fully saturated rings. The maximum Gasteiger partial charge on any atom is 0.247 e. The van der Waals surface area contributed by atoms with Crippen LogP contribution in [-0.4, -0.2) is 106 Å². The number of ether oxygens (including phenoxy) is 2. The minimum absolute atomic E-state index is 0.0300. The lowest BCUT2D eigenvalue weighted by atomic mass is 9.93. The number of hydrogen-bond acceptors (Lipinski definition) is 11. The quantitative estimate of drug-likeness (QED) is 0.0800. The van der Waals surface area contributed by atoms with Gasteiger partial charge in [-0.25, -0.2) is 0 Å². The molecule has 2 aromatic carbocycles. The topological polar surface area (TPSA) is 260 Å². The monoisotopic (exact) mass is 665 g/mol. The van der Waals surface area contributed by atoms with E-state index in [-0.39, 0.29) is 45.8 Å². The zero-order chi connectivity index (χ0) is 35.1. The van der Waals surface area contributed by atoms with E-state index in [9.17, 15) is 28.8 Å². The molecule has 0 saturated carbocycles. The predicted octanol–water partition coefficient (Wildman–Crippen LogP) is -2.81. The molecule has 1 heterocycles. The van der Waals surface area contributed by atoms with Gasteiger partial charge in [-0.2, -0.15) is 5.26 Å². The molecule has 0 aliphatic carbocycles. The van der Waals surface area contributed by atoms with Gasteiger partial charge in [-0.15, -0.1) is 0 Å². The van der Waals surface area contributed by atoms with Crippen LogP contribution in [0.15, 0.2) is 36.4 Å². The molecule has 2 atom stereocenters. The van der Waals surface area contributed by atoms with Crippen molar-refractivity contribution in [2.24, 2.45) is 11.5 Å². The number of likely N-dealkylation sites (N-methyl/N-ethyl adjacent to an activating group) is 1. The van der Waals surface area contributed by atoms with E-state index in [0.29, 0.717) is 40.2 Å². The average molecular weight is 666 g/mol. The Morgan fingerprint density at radius 3 is 2.33 bits per heavy atom. The Morgan fingerprint density at radius 1 is 1.02 bits per heavy atom. The molecule has 0 spiro atoms. The summed E-state index contributed by atoms with van der Waals surface area (Å²) in [7, 11) is 1.38. The highest BCUT2D eigenvalue weighted by atomic mass is 16.5. The molecule has 4 bridgehead atoms. The number of carbonyl (C=O) groups excluding carboxylic acids is 6. The van der Waals surface area contributed by atoms with Gasteiger partial charge in [0.2, 0.25) is 35.9 Å². The van der Waals surface area contributed by atoms with Crippen LogP contribution in [0, 0.1) is 11.3 Å². The second-order valence-electron chi connectivity index (χ2n) is 10.5. The third-order valence-corrected chi connectivity index (χ3v) is 7.07. The van der Waals surface area contributed by atoms with Crippen LogP contribution in [0.2, 0.25) is 0 Å². The van der Waals surface area contributed by atoms with Crippen LogP contribution >= 0.6 is 0 Å². The number of fused-ring (bicyclic) bond motifs is 5. The van der Waals surface area contributed by atoms with Gasteiger partial charge in [0.1, 0.15) is 43.3 Å². The molecule has 48 heavy (non-hydrogen) atoms. The summed E-state index contributed by atoms with van der Waals surface area (Å²) in [5.41, 5.74) is 13.3. The van der Waals surface area contributed by atoms with Crippen LogP contribution in [0.1, 0.15) is 17.2 Å². The number of rotatable bonds is 14. The lowest BCUT2D eigenvalue weighted by Gasteiger charge is -2.29. The maximum absolute atomic E-state index is 13.7. The number of nitrogens with two attached hydrogens (primary N) is 2. The Hall–Kier alpha value is -5.73. The molecule has 256 valence electrons. The van der Waals surface area contributed by atoms with Gasteiger partial charge in [0.25, 0.3) is 0 Å². The molecule has 2 aromatic rings. The van der Waals surface area contributed by atoms with Gasteiger partial charge in [-0.3, -0.25) is 28.8 Å². The average Bonchev–Trinajstić information content (AvgIpc) is 3.09. The summed E-state index contributed by atoms with van der Waals surface area (Å²) in [6.45, 7) is -0.920. The van der Waals surface area contributed by atoms with E-state index in [2.05, 4.69) is 26.6 Å². The Kier molecular flexibility index (Phi) is 14.1. The van der Waals surface area contributed by atoms with Gasteiger partial charge in [0, 0.05) is 37.7 Å². The molecular formula is C31H39N9O8. The van der Waals surface area contributed by atoms with E-state index in [0.717, 1.165) is 4.90 Å². The second kappa shape index (κ2) is 18.4. The molecule has 17 heteroatoms. The first-order valence-electron chi connectivity index (χ1n) is 15.0. The number of nitrogens with one attached hydrogen (secondary N) is 5. The van der Waals surface area contributed by atoms with Crippen molar-refractivity contribution in [1.82, 2.24) is 31.5 Å². The molecule has 9 N–H and O–H groups in total. The summed E-state index contributed by atoms with van der Waals surface area (Å²) in [4.78, 5) is 76.9. The van der Waals surface area contributed by atoms with Crippen molar-refractivity contribution in [3.8, 4) is 28.7 Å². The van der Waals surface area contributed by atoms with Crippen LogP contribution in [0.25, 0.3) is 11.1 Å². The van der Waals surface area contributed by atoms with Gasteiger partial charge < -0.3 is 52.4 Å². The Labute approximate surface area is 276 Å². The summed E-state index contributed by atoms with van der Waals surface area (Å²) >= 11 is 0. The highest BCUT2D eigenvalue weighted by molar-refractivity contribution is 5.95. The number of hydrogen-bond donors (Lipinski definition) is 7. The lowest BCUT2D eigenvalue weighted by molar-refractivity contribution is -0.139. The molecular weight excluding hydrogens is 626 g/mol. The van der Waals surface area contributed by atoms with Gasteiger partial charge in [-0.05, 0) is 35.4 Å². The van der Waals surface area contributed by atoms with Crippen molar-refractivity contribution < 1.29 is 38.2 Å². The molecule has 6 amide bonds. The summed E-state index contributed by atoms with van der Waals surface area (Å²) in [6.07, 6.45) is 0.324. The molecule has 2 unspecified atom stereocenters. The Balaban J connectivity index is 2.18. The normalized spacial score (nSPS) is 15.7. The van der Waals surface area contributed by atoms with Crippen LogP contribution in [0.3, 0.4) is 0 Å². The Morgan fingerprint density at radius 2 is 1.69 bits per heavy atom. The van der Waals surface area contributed by atoms with E-state index in [1.54, 1.807) is 42.5 Å². The van der Waals surface area contributed by atoms with E-state index in [4.69, 9.17) is 26.2 Å². The number of benzene rings is 2. The summed E-state index contributed by atoms with van der Waals surface area (Å²) in [5, 5.41) is 20.8. The van der Waals surface area contributed by atoms with E-state index < -0.39 is 54.7 Å². The van der Waals surface area contributed by atoms with Gasteiger partial charge >= 0.3 is 0 Å². The molecule has 17 nitrogen and oxygen atoms in total. The van der Waals surface area contributed by atoms with E-state index >= 15 is 0 Å². The SMILES string of the molecule is CN(C(=O)CNC=O)C1C(=O)NCC(=O)NC(C(=O)NCC(=O)NCC#N)Cc2ccc(OCCN)c(c2)-c2cc1ccc2OCCN. The molecule has 1 aliphatic heterocycles. The maximum atomic E-state index is 13.7. The standard InChI is InChI=1S/C31H39N9O8/c1-40(28(44)17-35-18-41)29-20-3-5-25(48-11-8-34)22(14-20)21-12-19(2-4-24(21)47-10-7-33)13-23(39-27(43)16-38-31(29)46)30(45)37-15-26(42)36-9-6-32/h2-5,12,14,18,23,29H,7-11,13,15-17,33-34H2,1H3,(H,35,41)(H,36,42)(H,37,45)(H,38,46)(H,39,43). The zero-order valence-corrected chi connectivity index (χ0v) is 26.4. The predicted molar refractivity (Wildman–Crippen MR) is 171 cm³/mol. The van der Waals surface area contributed by atoms with Crippen molar-refractivity contribution in [3.63, 3.8) is 0 Å². The van der Waals surface area contributed by atoms with Crippen LogP contribution in [-0.2, 0) is 35.2 Å². The summed E-state index contributed by atoms with van der Waals surface area (Å²) < 4.78 is 11.9. The first kappa shape index (κ1) is 36.7. The molecule has 3 rings (SSSR count). The van der Waals surface area contributed by atoms with Gasteiger partial charge in [-0.1, -0.05) is 12.1 Å². The largest absolute Gasteiger partial charge is 0.492 e. The van der Waals surface area contributed by atoms with Gasteiger partial charge in [0.15, 0.2) is 0 Å². The van der Waals surface area contributed by atoms with Crippen LogP contribution in [0.4, 0.5) is 0 Å². The van der Waals surface area contributed by atoms with Crippen molar-refractivity contribution in [3.05, 3.63) is 47.5 Å². The zero-order valence-electron chi connectivity index (χ0n) is 26.4. The summed E-state index contributed by atoms with van der Waals surface area (Å²) in [5.74, 6) is -2.57. The molecule has 0 aromatic heterocycles. The molecule has 1 aliphatic rings. The van der Waals surface area contributed by atoms with E-state index in [1.807, 2.05) is 0 Å². The third-order valence-electron chi connectivity index (χ3n) is 7.07.